The van der Waals surface area contributed by atoms with Crippen molar-refractivity contribution in [1.29, 1.82) is 0 Å². The molecule has 0 atom stereocenters. The maximum atomic E-state index is 11.5. The standard InChI is InChI=1S/C12H13Cl2NO3/c1-2-18-12(17)7-15-11(16)5-8-3-4-9(13)6-10(8)14/h3-4,6H,2,5,7H2,1H3,(H,15,16). The van der Waals surface area contributed by atoms with E-state index in [4.69, 9.17) is 23.2 Å². The van der Waals surface area contributed by atoms with E-state index in [1.165, 1.54) is 0 Å². The zero-order chi connectivity index (χ0) is 13.5. The highest BCUT2D eigenvalue weighted by atomic mass is 35.5. The molecule has 0 unspecified atom stereocenters. The van der Waals surface area contributed by atoms with E-state index in [1.807, 2.05) is 0 Å². The summed E-state index contributed by atoms with van der Waals surface area (Å²) in [6, 6.07) is 4.90. The Hall–Kier alpha value is -1.26. The van der Waals surface area contributed by atoms with Gasteiger partial charge in [0.25, 0.3) is 0 Å². The molecule has 4 nitrogen and oxygen atoms in total. The Bertz CT molecular complexity index is 449. The van der Waals surface area contributed by atoms with Crippen molar-refractivity contribution in [3.63, 3.8) is 0 Å². The average Bonchev–Trinajstić information content (AvgIpc) is 2.31. The predicted octanol–water partition coefficient (Wildman–Crippen LogP) is 2.22. The fraction of sp³-hybridized carbons (Fsp3) is 0.333. The molecule has 0 aliphatic heterocycles. The Labute approximate surface area is 115 Å². The van der Waals surface area contributed by atoms with Crippen LogP contribution < -0.4 is 5.32 Å². The van der Waals surface area contributed by atoms with Gasteiger partial charge in [-0.1, -0.05) is 29.3 Å². The molecule has 98 valence electrons. The third-order valence-corrected chi connectivity index (χ3v) is 2.69. The van der Waals surface area contributed by atoms with Gasteiger partial charge in [-0.2, -0.15) is 0 Å². The van der Waals surface area contributed by atoms with Crippen LogP contribution in [0.3, 0.4) is 0 Å². The molecule has 0 fully saturated rings. The fourth-order valence-electron chi connectivity index (χ4n) is 1.28. The monoisotopic (exact) mass is 289 g/mol. The molecule has 0 spiro atoms. The first-order chi connectivity index (χ1) is 8.52. The van der Waals surface area contributed by atoms with Crippen LogP contribution in [0.15, 0.2) is 18.2 Å². The van der Waals surface area contributed by atoms with Crippen molar-refractivity contribution in [3.8, 4) is 0 Å². The van der Waals surface area contributed by atoms with Crippen LogP contribution in [0.25, 0.3) is 0 Å². The number of ether oxygens (including phenoxy) is 1. The highest BCUT2D eigenvalue weighted by Crippen LogP contribution is 2.21. The summed E-state index contributed by atoms with van der Waals surface area (Å²) in [5.74, 6) is -0.764. The second-order valence-electron chi connectivity index (χ2n) is 3.49. The second kappa shape index (κ2) is 7.24. The van der Waals surface area contributed by atoms with Crippen LogP contribution in [0.4, 0.5) is 0 Å². The van der Waals surface area contributed by atoms with Gasteiger partial charge in [0.1, 0.15) is 6.54 Å². The third-order valence-electron chi connectivity index (χ3n) is 2.10. The lowest BCUT2D eigenvalue weighted by Gasteiger charge is -2.06. The molecule has 1 aromatic carbocycles. The summed E-state index contributed by atoms with van der Waals surface area (Å²) in [4.78, 5) is 22.6. The lowest BCUT2D eigenvalue weighted by molar-refractivity contribution is -0.143. The predicted molar refractivity (Wildman–Crippen MR) is 69.8 cm³/mol. The maximum Gasteiger partial charge on any atom is 0.325 e. The minimum atomic E-state index is -0.465. The molecule has 1 amide bonds. The van der Waals surface area contributed by atoms with Gasteiger partial charge in [0.15, 0.2) is 0 Å². The van der Waals surface area contributed by atoms with Crippen molar-refractivity contribution < 1.29 is 14.3 Å². The second-order valence-corrected chi connectivity index (χ2v) is 4.34. The Morgan fingerprint density at radius 3 is 2.67 bits per heavy atom. The number of rotatable bonds is 5. The summed E-state index contributed by atoms with van der Waals surface area (Å²) < 4.78 is 4.68. The Morgan fingerprint density at radius 1 is 1.33 bits per heavy atom. The zero-order valence-electron chi connectivity index (χ0n) is 9.83. The van der Waals surface area contributed by atoms with Gasteiger partial charge in [0.2, 0.25) is 5.91 Å². The van der Waals surface area contributed by atoms with Crippen molar-refractivity contribution in [2.45, 2.75) is 13.3 Å². The van der Waals surface area contributed by atoms with Gasteiger partial charge in [0, 0.05) is 10.0 Å². The highest BCUT2D eigenvalue weighted by Gasteiger charge is 2.09. The summed E-state index contributed by atoms with van der Waals surface area (Å²) in [6.07, 6.45) is 0.0927. The van der Waals surface area contributed by atoms with Crippen molar-refractivity contribution in [2.24, 2.45) is 0 Å². The van der Waals surface area contributed by atoms with Gasteiger partial charge in [-0.3, -0.25) is 9.59 Å². The number of carbonyl (C=O) groups excluding carboxylic acids is 2. The number of nitrogens with one attached hydrogen (secondary N) is 1. The van der Waals surface area contributed by atoms with Crippen LogP contribution in [0.1, 0.15) is 12.5 Å². The quantitative estimate of drug-likeness (QED) is 0.846. The fourth-order valence-corrected chi connectivity index (χ4v) is 1.76. The molecule has 18 heavy (non-hydrogen) atoms. The van der Waals surface area contributed by atoms with Crippen molar-refractivity contribution >= 4 is 35.1 Å². The van der Waals surface area contributed by atoms with Gasteiger partial charge >= 0.3 is 5.97 Å². The van der Waals surface area contributed by atoms with Gasteiger partial charge in [-0.05, 0) is 24.6 Å². The van der Waals surface area contributed by atoms with Gasteiger partial charge in [-0.25, -0.2) is 0 Å². The largest absolute Gasteiger partial charge is 0.465 e. The number of benzene rings is 1. The minimum Gasteiger partial charge on any atom is -0.465 e. The Morgan fingerprint density at radius 2 is 2.06 bits per heavy atom. The number of carbonyl (C=O) groups is 2. The highest BCUT2D eigenvalue weighted by molar-refractivity contribution is 6.35. The maximum absolute atomic E-state index is 11.5. The first kappa shape index (κ1) is 14.8. The summed E-state index contributed by atoms with van der Waals surface area (Å²) >= 11 is 11.7. The molecule has 1 aromatic rings. The van der Waals surface area contributed by atoms with Crippen LogP contribution >= 0.6 is 23.2 Å². The van der Waals surface area contributed by atoms with E-state index in [0.717, 1.165) is 0 Å². The third kappa shape index (κ3) is 4.94. The van der Waals surface area contributed by atoms with Crippen LogP contribution in [-0.2, 0) is 20.7 Å². The van der Waals surface area contributed by atoms with E-state index < -0.39 is 5.97 Å². The zero-order valence-corrected chi connectivity index (χ0v) is 11.3. The smallest absolute Gasteiger partial charge is 0.325 e. The molecule has 1 N–H and O–H groups in total. The molecule has 0 saturated carbocycles. The molecular weight excluding hydrogens is 277 g/mol. The molecule has 0 radical (unpaired) electrons. The SMILES string of the molecule is CCOC(=O)CNC(=O)Cc1ccc(Cl)cc1Cl. The normalized spacial score (nSPS) is 9.94. The Balaban J connectivity index is 2.47. The lowest BCUT2D eigenvalue weighted by Crippen LogP contribution is -2.31. The minimum absolute atomic E-state index is 0.0927. The van der Waals surface area contributed by atoms with E-state index in [-0.39, 0.29) is 25.5 Å². The van der Waals surface area contributed by atoms with Crippen LogP contribution in [0.2, 0.25) is 10.0 Å². The van der Waals surface area contributed by atoms with Gasteiger partial charge in [-0.15, -0.1) is 0 Å². The number of esters is 1. The van der Waals surface area contributed by atoms with E-state index in [0.29, 0.717) is 15.6 Å². The molecule has 0 saturated heterocycles. The van der Waals surface area contributed by atoms with Gasteiger partial charge < -0.3 is 10.1 Å². The number of amides is 1. The summed E-state index contributed by atoms with van der Waals surface area (Å²) in [5, 5.41) is 3.39. The van der Waals surface area contributed by atoms with Crippen LogP contribution in [-0.4, -0.2) is 25.0 Å². The molecule has 0 bridgehead atoms. The van der Waals surface area contributed by atoms with E-state index in [1.54, 1.807) is 25.1 Å². The van der Waals surface area contributed by atoms with Crippen LogP contribution in [0.5, 0.6) is 0 Å². The van der Waals surface area contributed by atoms with Gasteiger partial charge in [0.05, 0.1) is 13.0 Å². The van der Waals surface area contributed by atoms with Crippen LogP contribution in [0, 0.1) is 0 Å². The summed E-state index contributed by atoms with van der Waals surface area (Å²) in [6.45, 7) is 1.85. The van der Waals surface area contributed by atoms with Crippen molar-refractivity contribution in [3.05, 3.63) is 33.8 Å². The lowest BCUT2D eigenvalue weighted by atomic mass is 10.1. The van der Waals surface area contributed by atoms with E-state index >= 15 is 0 Å². The van der Waals surface area contributed by atoms with Crippen molar-refractivity contribution in [2.75, 3.05) is 13.2 Å². The molecule has 0 aliphatic carbocycles. The summed E-state index contributed by atoms with van der Waals surface area (Å²) in [7, 11) is 0. The van der Waals surface area contributed by atoms with Crippen molar-refractivity contribution in [1.82, 2.24) is 5.32 Å². The first-order valence-electron chi connectivity index (χ1n) is 5.39. The molecule has 1 rings (SSSR count). The van der Waals surface area contributed by atoms with E-state index in [9.17, 15) is 9.59 Å². The molecule has 0 heterocycles. The van der Waals surface area contributed by atoms with E-state index in [2.05, 4.69) is 10.1 Å². The summed E-state index contributed by atoms with van der Waals surface area (Å²) in [5.41, 5.74) is 0.655. The number of hydrogen-bond acceptors (Lipinski definition) is 3. The number of hydrogen-bond donors (Lipinski definition) is 1. The topological polar surface area (TPSA) is 55.4 Å². The number of halogens is 2. The average molecular weight is 290 g/mol. The molecule has 6 heteroatoms. The molecule has 0 aliphatic rings. The first-order valence-corrected chi connectivity index (χ1v) is 6.14. The Kier molecular flexibility index (Phi) is 5.95. The molecular formula is C12H13Cl2NO3. The molecule has 0 aromatic heterocycles.